The summed E-state index contributed by atoms with van der Waals surface area (Å²) >= 11 is 0. The van der Waals surface area contributed by atoms with E-state index in [0.29, 0.717) is 16.8 Å². The van der Waals surface area contributed by atoms with Crippen LogP contribution >= 0.6 is 0 Å². The Balaban J connectivity index is 2.14. The molecule has 3 amide bonds. The van der Waals surface area contributed by atoms with Crippen LogP contribution in [-0.4, -0.2) is 40.0 Å². The average molecular weight is 582 g/mol. The summed E-state index contributed by atoms with van der Waals surface area (Å²) < 4.78 is 5.53. The maximum absolute atomic E-state index is 14.7. The van der Waals surface area contributed by atoms with Crippen molar-refractivity contribution in [3.63, 3.8) is 0 Å². The first kappa shape index (κ1) is 32.9. The highest BCUT2D eigenvalue weighted by atomic mass is 16.6. The molecule has 3 aromatic carbocycles. The lowest BCUT2D eigenvalue weighted by Crippen LogP contribution is -2.58. The van der Waals surface area contributed by atoms with Crippen molar-refractivity contribution in [2.75, 3.05) is 5.32 Å². The molecule has 43 heavy (non-hydrogen) atoms. The predicted octanol–water partition coefficient (Wildman–Crippen LogP) is 6.73. The molecule has 0 aliphatic carbocycles. The summed E-state index contributed by atoms with van der Waals surface area (Å²) in [7, 11) is 0. The van der Waals surface area contributed by atoms with Gasteiger partial charge in [0, 0.05) is 23.2 Å². The zero-order valence-corrected chi connectivity index (χ0v) is 26.4. The number of rotatable bonds is 8. The Kier molecular flexibility index (Phi) is 10.4. The number of anilines is 1. The van der Waals surface area contributed by atoms with E-state index in [1.165, 1.54) is 0 Å². The van der Waals surface area contributed by atoms with Crippen molar-refractivity contribution in [1.82, 2.24) is 10.2 Å². The molecule has 0 saturated carbocycles. The standard InChI is InChI=1S/C36H43N3O4/c1-10-26-19-21-28(22-20-26)31(32(40)38-30-24(2)15-14-16-25(30)3)39(35(4,5)6)33(41)29(23-27-17-12-11-13-18-27)37-34(42)43-36(7,8)9/h1,11-22,29,31H,23H2,2-9H3,(H,37,42)(H,38,40). The van der Waals surface area contributed by atoms with Crippen molar-refractivity contribution in [3.05, 3.63) is 101 Å². The van der Waals surface area contributed by atoms with Gasteiger partial charge in [0.1, 0.15) is 17.7 Å². The minimum Gasteiger partial charge on any atom is -0.444 e. The Morgan fingerprint density at radius 3 is 1.95 bits per heavy atom. The number of amides is 3. The van der Waals surface area contributed by atoms with E-state index < -0.39 is 35.2 Å². The van der Waals surface area contributed by atoms with Crippen molar-refractivity contribution >= 4 is 23.6 Å². The molecular weight excluding hydrogens is 538 g/mol. The Hall–Kier alpha value is -4.57. The van der Waals surface area contributed by atoms with Gasteiger partial charge in [-0.25, -0.2) is 4.79 Å². The molecule has 0 fully saturated rings. The summed E-state index contributed by atoms with van der Waals surface area (Å²) in [5.74, 6) is 1.79. The molecule has 7 nitrogen and oxygen atoms in total. The predicted molar refractivity (Wildman–Crippen MR) is 172 cm³/mol. The Morgan fingerprint density at radius 2 is 1.44 bits per heavy atom. The summed E-state index contributed by atoms with van der Waals surface area (Å²) in [6, 6.07) is 20.2. The molecule has 7 heteroatoms. The van der Waals surface area contributed by atoms with Crippen molar-refractivity contribution < 1.29 is 19.1 Å². The molecule has 0 aliphatic rings. The summed E-state index contributed by atoms with van der Waals surface area (Å²) in [5, 5.41) is 5.88. The first-order chi connectivity index (χ1) is 20.1. The van der Waals surface area contributed by atoms with E-state index in [9.17, 15) is 14.4 Å². The van der Waals surface area contributed by atoms with Gasteiger partial charge in [-0.05, 0) is 89.8 Å². The zero-order chi connectivity index (χ0) is 31.9. The molecule has 0 spiro atoms. The van der Waals surface area contributed by atoms with Crippen molar-refractivity contribution in [1.29, 1.82) is 0 Å². The highest BCUT2D eigenvalue weighted by Gasteiger charge is 2.42. The molecule has 3 aromatic rings. The van der Waals surface area contributed by atoms with Crippen LogP contribution in [0.4, 0.5) is 10.5 Å². The van der Waals surface area contributed by atoms with E-state index in [1.807, 2.05) is 83.1 Å². The molecule has 0 aromatic heterocycles. The molecule has 2 N–H and O–H groups in total. The van der Waals surface area contributed by atoms with Gasteiger partial charge in [0.05, 0.1) is 0 Å². The summed E-state index contributed by atoms with van der Waals surface area (Å²) in [6.45, 7) is 14.7. The monoisotopic (exact) mass is 581 g/mol. The third-order valence-electron chi connectivity index (χ3n) is 6.86. The van der Waals surface area contributed by atoms with E-state index in [-0.39, 0.29) is 12.3 Å². The molecule has 0 radical (unpaired) electrons. The van der Waals surface area contributed by atoms with Crippen molar-refractivity contribution in [3.8, 4) is 12.3 Å². The van der Waals surface area contributed by atoms with Gasteiger partial charge in [0.15, 0.2) is 0 Å². The van der Waals surface area contributed by atoms with Gasteiger partial charge in [-0.2, -0.15) is 0 Å². The third-order valence-corrected chi connectivity index (χ3v) is 6.86. The van der Waals surface area contributed by atoms with Crippen LogP contribution in [0, 0.1) is 26.2 Å². The number of hydrogen-bond donors (Lipinski definition) is 2. The third kappa shape index (κ3) is 8.96. The van der Waals surface area contributed by atoms with Crippen LogP contribution < -0.4 is 10.6 Å². The lowest BCUT2D eigenvalue weighted by Gasteiger charge is -2.43. The fourth-order valence-corrected chi connectivity index (χ4v) is 4.90. The number of aryl methyl sites for hydroxylation is 2. The first-order valence-corrected chi connectivity index (χ1v) is 14.4. The largest absolute Gasteiger partial charge is 0.444 e. The second-order valence-electron chi connectivity index (χ2n) is 12.7. The molecule has 0 aliphatic heterocycles. The minimum atomic E-state index is -1.04. The van der Waals surface area contributed by atoms with Gasteiger partial charge in [-0.15, -0.1) is 6.42 Å². The van der Waals surface area contributed by atoms with E-state index in [0.717, 1.165) is 16.7 Å². The lowest BCUT2D eigenvalue weighted by molar-refractivity contribution is -0.146. The first-order valence-electron chi connectivity index (χ1n) is 14.4. The van der Waals surface area contributed by atoms with Gasteiger partial charge in [0.2, 0.25) is 5.91 Å². The smallest absolute Gasteiger partial charge is 0.408 e. The summed E-state index contributed by atoms with van der Waals surface area (Å²) in [5.41, 5.74) is 2.97. The number of nitrogens with zero attached hydrogens (tertiary/aromatic N) is 1. The molecule has 2 unspecified atom stereocenters. The van der Waals surface area contributed by atoms with E-state index >= 15 is 0 Å². The van der Waals surface area contributed by atoms with E-state index in [1.54, 1.807) is 49.9 Å². The number of carbonyl (C=O) groups is 3. The Morgan fingerprint density at radius 1 is 0.860 bits per heavy atom. The molecule has 3 rings (SSSR count). The molecule has 0 saturated heterocycles. The van der Waals surface area contributed by atoms with Gasteiger partial charge in [0.25, 0.3) is 5.91 Å². The highest BCUT2D eigenvalue weighted by Crippen LogP contribution is 2.32. The van der Waals surface area contributed by atoms with Gasteiger partial charge in [-0.1, -0.05) is 66.6 Å². The number of alkyl carbamates (subject to hydrolysis) is 1. The SMILES string of the molecule is C#Cc1ccc(C(C(=O)Nc2c(C)cccc2C)N(C(=O)C(Cc2ccccc2)NC(=O)OC(C)(C)C)C(C)(C)C)cc1. The van der Waals surface area contributed by atoms with Crippen LogP contribution in [0.15, 0.2) is 72.8 Å². The Labute approximate surface area is 256 Å². The maximum Gasteiger partial charge on any atom is 0.408 e. The molecule has 2 atom stereocenters. The van der Waals surface area contributed by atoms with E-state index in [2.05, 4.69) is 16.6 Å². The highest BCUT2D eigenvalue weighted by molar-refractivity contribution is 6.00. The molecule has 226 valence electrons. The second-order valence-corrected chi connectivity index (χ2v) is 12.7. The summed E-state index contributed by atoms with van der Waals surface area (Å²) in [4.78, 5) is 43.5. The number of carbonyl (C=O) groups excluding carboxylic acids is 3. The number of hydrogen-bond acceptors (Lipinski definition) is 4. The van der Waals surface area contributed by atoms with Crippen LogP contribution in [-0.2, 0) is 20.7 Å². The maximum atomic E-state index is 14.7. The topological polar surface area (TPSA) is 87.7 Å². The normalized spacial score (nSPS) is 12.8. The Bertz CT molecular complexity index is 1460. The number of nitrogens with one attached hydrogen (secondary N) is 2. The second kappa shape index (κ2) is 13.6. The van der Waals surface area contributed by atoms with E-state index in [4.69, 9.17) is 11.2 Å². The molecular formula is C36H43N3O4. The fraction of sp³-hybridized carbons (Fsp3) is 0.361. The van der Waals surface area contributed by atoms with Gasteiger partial charge >= 0.3 is 6.09 Å². The zero-order valence-electron chi connectivity index (χ0n) is 26.4. The number of ether oxygens (including phenoxy) is 1. The van der Waals surface area contributed by atoms with Crippen LogP contribution in [0.5, 0.6) is 0 Å². The van der Waals surface area contributed by atoms with Crippen LogP contribution in [0.25, 0.3) is 0 Å². The molecule has 0 heterocycles. The number of benzene rings is 3. The average Bonchev–Trinajstić information content (AvgIpc) is 2.92. The summed E-state index contributed by atoms with van der Waals surface area (Å²) in [6.07, 6.45) is 5.09. The molecule has 0 bridgehead atoms. The fourth-order valence-electron chi connectivity index (χ4n) is 4.90. The van der Waals surface area contributed by atoms with Crippen LogP contribution in [0.2, 0.25) is 0 Å². The van der Waals surface area contributed by atoms with Crippen molar-refractivity contribution in [2.24, 2.45) is 0 Å². The van der Waals surface area contributed by atoms with Crippen LogP contribution in [0.1, 0.15) is 75.4 Å². The number of terminal acetylenes is 1. The van der Waals surface area contributed by atoms with Gasteiger partial charge in [-0.3, -0.25) is 9.59 Å². The minimum absolute atomic E-state index is 0.201. The van der Waals surface area contributed by atoms with Crippen LogP contribution in [0.3, 0.4) is 0 Å². The quantitative estimate of drug-likeness (QED) is 0.289. The van der Waals surface area contributed by atoms with Gasteiger partial charge < -0.3 is 20.3 Å². The number of para-hydroxylation sites is 1. The van der Waals surface area contributed by atoms with Crippen molar-refractivity contribution in [2.45, 2.75) is 85.0 Å². The lowest BCUT2D eigenvalue weighted by atomic mass is 9.93.